The molecule has 0 saturated carbocycles. The number of benzene rings is 3. The molecule has 0 amide bonds. The van der Waals surface area contributed by atoms with E-state index in [1.165, 1.54) is 10.7 Å². The Labute approximate surface area is 233 Å². The lowest BCUT2D eigenvalue weighted by atomic mass is 9.94. The van der Waals surface area contributed by atoms with Crippen molar-refractivity contribution in [3.8, 4) is 17.2 Å². The van der Waals surface area contributed by atoms with Gasteiger partial charge >= 0.3 is 5.97 Å². The summed E-state index contributed by atoms with van der Waals surface area (Å²) in [7, 11) is 1.62. The van der Waals surface area contributed by atoms with Crippen molar-refractivity contribution in [2.24, 2.45) is 0 Å². The number of aromatic nitrogens is 3. The Balaban J connectivity index is 1.19. The second kappa shape index (κ2) is 11.7. The number of Topliss-reactive ketones (excluding diaryl/α,β-unsaturated/α-hetero) is 1. The van der Waals surface area contributed by atoms with Crippen LogP contribution in [-0.4, -0.2) is 45.1 Å². The van der Waals surface area contributed by atoms with Crippen molar-refractivity contribution < 1.29 is 28.9 Å². The van der Waals surface area contributed by atoms with Crippen LogP contribution in [-0.2, 0) is 30.7 Å². The summed E-state index contributed by atoms with van der Waals surface area (Å²) in [4.78, 5) is 25.1. The first-order valence-corrected chi connectivity index (χ1v) is 13.2. The van der Waals surface area contributed by atoms with E-state index in [2.05, 4.69) is 26.2 Å². The predicted octanol–water partition coefficient (Wildman–Crippen LogP) is 4.93. The number of ether oxygens (including phenoxy) is 3. The Kier molecular flexibility index (Phi) is 7.92. The molecule has 0 radical (unpaired) electrons. The molecule has 3 aromatic carbocycles. The number of carbonyl (C=O) groups is 2. The first kappa shape index (κ1) is 26.4. The van der Waals surface area contributed by atoms with Crippen molar-refractivity contribution >= 4 is 27.7 Å². The van der Waals surface area contributed by atoms with Gasteiger partial charge in [0.25, 0.3) is 0 Å². The van der Waals surface area contributed by atoms with Gasteiger partial charge in [-0.05, 0) is 54.3 Å². The number of nitrogens with zero attached hydrogens (tertiary/aromatic N) is 3. The Morgan fingerprint density at radius 2 is 1.90 bits per heavy atom. The van der Waals surface area contributed by atoms with Crippen LogP contribution in [0, 0.1) is 0 Å². The van der Waals surface area contributed by atoms with Crippen LogP contribution in [0.5, 0.6) is 17.2 Å². The van der Waals surface area contributed by atoms with Gasteiger partial charge in [0.15, 0.2) is 5.78 Å². The quantitative estimate of drug-likeness (QED) is 0.204. The van der Waals surface area contributed by atoms with Crippen LogP contribution >= 0.6 is 15.9 Å². The molecular weight excluding hydrogens is 566 g/mol. The van der Waals surface area contributed by atoms with Gasteiger partial charge in [-0.15, -0.1) is 5.10 Å². The van der Waals surface area contributed by atoms with E-state index in [0.717, 1.165) is 22.2 Å². The van der Waals surface area contributed by atoms with E-state index in [1.54, 1.807) is 31.5 Å². The van der Waals surface area contributed by atoms with Gasteiger partial charge in [0, 0.05) is 22.5 Å². The SMILES string of the molecule is COc1ccc(CCC2Cc3cc(OCc4cn(CC(=O)c5ccc(Br)cc5)nn4)cc(O)c3C(=O)O2)cc1. The van der Waals surface area contributed by atoms with Crippen LogP contribution in [0.3, 0.4) is 0 Å². The summed E-state index contributed by atoms with van der Waals surface area (Å²) in [6.07, 6.45) is 3.17. The number of fused-ring (bicyclic) bond motifs is 1. The standard InChI is InChI=1S/C29H26BrN3O6/c1-37-23-9-2-18(3-10-23)4-11-24-12-20-13-25(14-26(34)28(20)29(36)39-24)38-17-22-15-33(32-31-22)16-27(35)19-5-7-21(30)8-6-19/h2-3,5-10,13-15,24,34H,4,11-12,16-17H2,1H3. The molecule has 0 fully saturated rings. The highest BCUT2D eigenvalue weighted by atomic mass is 79.9. The van der Waals surface area contributed by atoms with Crippen LogP contribution in [0.1, 0.15) is 44.0 Å². The maximum Gasteiger partial charge on any atom is 0.342 e. The maximum absolute atomic E-state index is 12.6. The number of esters is 1. The van der Waals surface area contributed by atoms with Crippen LogP contribution in [0.25, 0.3) is 0 Å². The number of hydrogen-bond acceptors (Lipinski definition) is 8. The van der Waals surface area contributed by atoms with Crippen molar-refractivity contribution in [2.75, 3.05) is 7.11 Å². The fraction of sp³-hybridized carbons (Fsp3) is 0.241. The van der Waals surface area contributed by atoms with Gasteiger partial charge in [0.1, 0.15) is 47.8 Å². The third-order valence-electron chi connectivity index (χ3n) is 6.46. The first-order valence-electron chi connectivity index (χ1n) is 12.4. The van der Waals surface area contributed by atoms with Gasteiger partial charge in [0.2, 0.25) is 0 Å². The zero-order chi connectivity index (χ0) is 27.4. The summed E-state index contributed by atoms with van der Waals surface area (Å²) in [5.41, 5.74) is 3.05. The molecule has 1 aliphatic heterocycles. The molecule has 10 heteroatoms. The number of aromatic hydroxyl groups is 1. The van der Waals surface area contributed by atoms with Crippen LogP contribution in [0.4, 0.5) is 0 Å². The summed E-state index contributed by atoms with van der Waals surface area (Å²) in [5, 5.41) is 18.6. The van der Waals surface area contributed by atoms with E-state index in [1.807, 2.05) is 36.4 Å². The molecule has 200 valence electrons. The average molecular weight is 592 g/mol. The van der Waals surface area contributed by atoms with Gasteiger partial charge in [-0.1, -0.05) is 45.4 Å². The molecule has 1 aliphatic rings. The highest BCUT2D eigenvalue weighted by Gasteiger charge is 2.30. The average Bonchev–Trinajstić information content (AvgIpc) is 3.38. The fourth-order valence-corrected chi connectivity index (χ4v) is 4.69. The number of carbonyl (C=O) groups excluding carboxylic acids is 2. The van der Waals surface area contributed by atoms with Gasteiger partial charge < -0.3 is 19.3 Å². The topological polar surface area (TPSA) is 113 Å². The van der Waals surface area contributed by atoms with Gasteiger partial charge in [0.05, 0.1) is 13.3 Å². The van der Waals surface area contributed by atoms with E-state index in [0.29, 0.717) is 35.4 Å². The minimum absolute atomic E-state index is 0.0499. The van der Waals surface area contributed by atoms with E-state index in [9.17, 15) is 14.7 Å². The minimum atomic E-state index is -0.543. The van der Waals surface area contributed by atoms with Crippen LogP contribution in [0.2, 0.25) is 0 Å². The summed E-state index contributed by atoms with van der Waals surface area (Å²) < 4.78 is 19.0. The number of phenolic OH excluding ortho intramolecular Hbond substituents is 1. The zero-order valence-corrected chi connectivity index (χ0v) is 22.8. The molecule has 2 heterocycles. The van der Waals surface area contributed by atoms with Crippen LogP contribution < -0.4 is 9.47 Å². The molecule has 0 saturated heterocycles. The van der Waals surface area contributed by atoms with Gasteiger partial charge in [-0.3, -0.25) is 4.79 Å². The van der Waals surface area contributed by atoms with E-state index < -0.39 is 5.97 Å². The molecule has 9 nitrogen and oxygen atoms in total. The first-order chi connectivity index (χ1) is 18.9. The molecule has 1 unspecified atom stereocenters. The van der Waals surface area contributed by atoms with E-state index in [4.69, 9.17) is 14.2 Å². The number of cyclic esters (lactones) is 1. The lowest BCUT2D eigenvalue weighted by Gasteiger charge is -2.25. The van der Waals surface area contributed by atoms with Crippen molar-refractivity contribution in [3.63, 3.8) is 0 Å². The molecule has 39 heavy (non-hydrogen) atoms. The maximum atomic E-state index is 12.6. The number of methoxy groups -OCH3 is 1. The predicted molar refractivity (Wildman–Crippen MR) is 145 cm³/mol. The summed E-state index contributed by atoms with van der Waals surface area (Å²) in [6, 6.07) is 18.0. The molecular formula is C29H26BrN3O6. The number of halogens is 1. The lowest BCUT2D eigenvalue weighted by molar-refractivity contribution is 0.0234. The molecule has 0 aliphatic carbocycles. The van der Waals surface area contributed by atoms with Gasteiger partial charge in [-0.2, -0.15) is 0 Å². The van der Waals surface area contributed by atoms with Crippen molar-refractivity contribution in [3.05, 3.63) is 99.3 Å². The number of aryl methyl sites for hydroxylation is 1. The Hall–Kier alpha value is -4.18. The van der Waals surface area contributed by atoms with E-state index in [-0.39, 0.29) is 36.4 Å². The molecule has 5 rings (SSSR count). The monoisotopic (exact) mass is 591 g/mol. The molecule has 0 spiro atoms. The van der Waals surface area contributed by atoms with Crippen LogP contribution in [0.15, 0.2) is 71.3 Å². The third-order valence-corrected chi connectivity index (χ3v) is 6.99. The number of hydrogen-bond donors (Lipinski definition) is 1. The normalized spacial score (nSPS) is 14.4. The second-order valence-electron chi connectivity index (χ2n) is 9.22. The minimum Gasteiger partial charge on any atom is -0.507 e. The fourth-order valence-electron chi connectivity index (χ4n) is 4.43. The smallest absolute Gasteiger partial charge is 0.342 e. The van der Waals surface area contributed by atoms with Crippen molar-refractivity contribution in [1.29, 1.82) is 0 Å². The molecule has 1 N–H and O–H groups in total. The lowest BCUT2D eigenvalue weighted by Crippen LogP contribution is -2.28. The highest BCUT2D eigenvalue weighted by Crippen LogP contribution is 2.34. The number of ketones is 1. The van der Waals surface area contributed by atoms with Gasteiger partial charge in [-0.25, -0.2) is 9.48 Å². The Morgan fingerprint density at radius 1 is 1.13 bits per heavy atom. The number of rotatable bonds is 10. The highest BCUT2D eigenvalue weighted by molar-refractivity contribution is 9.10. The summed E-state index contributed by atoms with van der Waals surface area (Å²) in [6.45, 7) is 0.129. The zero-order valence-electron chi connectivity index (χ0n) is 21.2. The third kappa shape index (κ3) is 6.46. The number of phenols is 1. The molecule has 0 bridgehead atoms. The Bertz CT molecular complexity index is 1480. The Morgan fingerprint density at radius 3 is 2.64 bits per heavy atom. The van der Waals surface area contributed by atoms with Crippen molar-refractivity contribution in [1.82, 2.24) is 15.0 Å². The van der Waals surface area contributed by atoms with E-state index >= 15 is 0 Å². The largest absolute Gasteiger partial charge is 0.507 e. The second-order valence-corrected chi connectivity index (χ2v) is 10.1. The molecule has 1 atom stereocenters. The van der Waals surface area contributed by atoms with Crippen molar-refractivity contribution in [2.45, 2.75) is 38.5 Å². The summed E-state index contributed by atoms with van der Waals surface area (Å²) >= 11 is 3.36. The molecule has 4 aromatic rings. The molecule has 1 aromatic heterocycles. The summed E-state index contributed by atoms with van der Waals surface area (Å²) in [5.74, 6) is 0.364.